The van der Waals surface area contributed by atoms with Gasteiger partial charge in [0, 0.05) is 28.6 Å². The molecular weight excluding hydrogens is 320 g/mol. The zero-order valence-electron chi connectivity index (χ0n) is 13.5. The Morgan fingerprint density at radius 2 is 2.08 bits per heavy atom. The molecule has 0 spiro atoms. The van der Waals surface area contributed by atoms with E-state index in [1.807, 2.05) is 36.4 Å². The number of ketones is 1. The second-order valence-electron chi connectivity index (χ2n) is 6.66. The number of fused-ring (bicyclic) bond motifs is 2. The molecule has 124 valence electrons. The summed E-state index contributed by atoms with van der Waals surface area (Å²) < 4.78 is 0. The van der Waals surface area contributed by atoms with Crippen molar-refractivity contribution in [2.45, 2.75) is 44.3 Å². The summed E-state index contributed by atoms with van der Waals surface area (Å²) in [6, 6.07) is 12.6. The minimum Gasteiger partial charge on any atom is -0.347 e. The molecule has 0 saturated carbocycles. The van der Waals surface area contributed by atoms with E-state index < -0.39 is 0 Å². The number of nitrogens with one attached hydrogen (secondary N) is 2. The Hall–Kier alpha value is -1.98. The number of rotatable bonds is 4. The second kappa shape index (κ2) is 6.15. The first-order valence-corrected chi connectivity index (χ1v) is 9.20. The molecule has 1 aromatic carbocycles. The number of carbonyl (C=O) groups is 2. The summed E-state index contributed by atoms with van der Waals surface area (Å²) in [4.78, 5) is 25.8. The summed E-state index contributed by atoms with van der Waals surface area (Å²) in [5.74, 6) is 0.0588. The van der Waals surface area contributed by atoms with Crippen LogP contribution in [-0.2, 0) is 0 Å². The van der Waals surface area contributed by atoms with Gasteiger partial charge in [-0.15, -0.1) is 11.3 Å². The summed E-state index contributed by atoms with van der Waals surface area (Å²) in [5, 5.41) is 6.72. The van der Waals surface area contributed by atoms with E-state index >= 15 is 0 Å². The van der Waals surface area contributed by atoms with Crippen LogP contribution >= 0.6 is 11.3 Å². The Labute approximate surface area is 145 Å². The van der Waals surface area contributed by atoms with Gasteiger partial charge in [-0.1, -0.05) is 18.2 Å². The molecule has 3 atom stereocenters. The molecule has 3 heterocycles. The molecule has 0 radical (unpaired) electrons. The SMILES string of the molecule is CC(=O)c1cccc(-c2ccc(C(=O)NC3CC4CCC3N4)s2)c1. The van der Waals surface area contributed by atoms with Crippen molar-refractivity contribution in [2.24, 2.45) is 0 Å². The minimum atomic E-state index is 0.00771. The molecule has 1 amide bonds. The first kappa shape index (κ1) is 15.5. The Morgan fingerprint density at radius 3 is 2.79 bits per heavy atom. The van der Waals surface area contributed by atoms with Gasteiger partial charge in [0.2, 0.25) is 0 Å². The van der Waals surface area contributed by atoms with Crippen molar-refractivity contribution in [3.8, 4) is 10.4 Å². The Bertz CT molecular complexity index is 798. The number of carbonyl (C=O) groups excluding carboxylic acids is 2. The number of hydrogen-bond donors (Lipinski definition) is 2. The van der Waals surface area contributed by atoms with E-state index in [-0.39, 0.29) is 17.7 Å². The second-order valence-corrected chi connectivity index (χ2v) is 7.75. The van der Waals surface area contributed by atoms with E-state index in [2.05, 4.69) is 10.6 Å². The third-order valence-corrected chi connectivity index (χ3v) is 6.13. The summed E-state index contributed by atoms with van der Waals surface area (Å²) in [7, 11) is 0. The van der Waals surface area contributed by atoms with Crippen molar-refractivity contribution in [1.82, 2.24) is 10.6 Å². The van der Waals surface area contributed by atoms with E-state index in [1.54, 1.807) is 6.92 Å². The lowest BCUT2D eigenvalue weighted by molar-refractivity contribution is 0.0934. The molecule has 2 fully saturated rings. The van der Waals surface area contributed by atoms with Crippen LogP contribution in [0.15, 0.2) is 36.4 Å². The first-order valence-electron chi connectivity index (χ1n) is 8.38. The fraction of sp³-hybridized carbons (Fsp3) is 0.368. The fourth-order valence-electron chi connectivity index (χ4n) is 3.73. The van der Waals surface area contributed by atoms with Crippen molar-refractivity contribution < 1.29 is 9.59 Å². The molecule has 1 aromatic heterocycles. The average molecular weight is 340 g/mol. The predicted octanol–water partition coefficient (Wildman–Crippen LogP) is 3.24. The van der Waals surface area contributed by atoms with E-state index in [0.29, 0.717) is 17.6 Å². The van der Waals surface area contributed by atoms with Gasteiger partial charge in [0.25, 0.3) is 5.91 Å². The van der Waals surface area contributed by atoms with Crippen molar-refractivity contribution in [3.63, 3.8) is 0 Å². The maximum Gasteiger partial charge on any atom is 0.261 e. The molecule has 2 aromatic rings. The number of Topliss-reactive ketones (excluding diaryl/α,β-unsaturated/α-hetero) is 1. The lowest BCUT2D eigenvalue weighted by Crippen LogP contribution is -2.42. The van der Waals surface area contributed by atoms with Crippen LogP contribution in [0, 0.1) is 0 Å². The Kier molecular flexibility index (Phi) is 3.98. The van der Waals surface area contributed by atoms with E-state index in [4.69, 9.17) is 0 Å². The van der Waals surface area contributed by atoms with Gasteiger partial charge in [-0.25, -0.2) is 0 Å². The molecule has 2 aliphatic heterocycles. The maximum atomic E-state index is 12.5. The van der Waals surface area contributed by atoms with Crippen LogP contribution in [0.4, 0.5) is 0 Å². The van der Waals surface area contributed by atoms with Crippen LogP contribution < -0.4 is 10.6 Å². The van der Waals surface area contributed by atoms with Gasteiger partial charge in [0.1, 0.15) is 0 Å². The van der Waals surface area contributed by atoms with Gasteiger partial charge in [-0.05, 0) is 49.9 Å². The molecule has 2 N–H and O–H groups in total. The van der Waals surface area contributed by atoms with E-state index in [0.717, 1.165) is 28.2 Å². The number of amides is 1. The standard InChI is InChI=1S/C19H20N2O2S/c1-11(22)12-3-2-4-13(9-12)17-7-8-18(24-17)19(23)21-16-10-14-5-6-15(16)20-14/h2-4,7-9,14-16,20H,5-6,10H2,1H3,(H,21,23). The fourth-order valence-corrected chi connectivity index (χ4v) is 4.64. The van der Waals surface area contributed by atoms with E-state index in [9.17, 15) is 9.59 Å². The zero-order valence-corrected chi connectivity index (χ0v) is 14.4. The summed E-state index contributed by atoms with van der Waals surface area (Å²) >= 11 is 1.47. The van der Waals surface area contributed by atoms with Crippen LogP contribution in [0.25, 0.3) is 10.4 Å². The first-order chi connectivity index (χ1) is 11.6. The number of benzene rings is 1. The zero-order chi connectivity index (χ0) is 16.7. The highest BCUT2D eigenvalue weighted by atomic mass is 32.1. The van der Waals surface area contributed by atoms with Gasteiger partial charge in [0.05, 0.1) is 4.88 Å². The van der Waals surface area contributed by atoms with Crippen LogP contribution in [0.1, 0.15) is 46.2 Å². The molecule has 24 heavy (non-hydrogen) atoms. The lowest BCUT2D eigenvalue weighted by Gasteiger charge is -2.20. The topological polar surface area (TPSA) is 58.2 Å². The third-order valence-electron chi connectivity index (χ3n) is 5.00. The van der Waals surface area contributed by atoms with Crippen molar-refractivity contribution in [1.29, 1.82) is 0 Å². The molecular formula is C19H20N2O2S. The molecule has 2 bridgehead atoms. The van der Waals surface area contributed by atoms with E-state index in [1.165, 1.54) is 17.8 Å². The Morgan fingerprint density at radius 1 is 1.21 bits per heavy atom. The van der Waals surface area contributed by atoms with Gasteiger partial charge >= 0.3 is 0 Å². The molecule has 2 saturated heterocycles. The maximum absolute atomic E-state index is 12.5. The summed E-state index contributed by atoms with van der Waals surface area (Å²) in [6.07, 6.45) is 3.42. The van der Waals surface area contributed by atoms with Gasteiger partial charge in [-0.3, -0.25) is 9.59 Å². The number of hydrogen-bond acceptors (Lipinski definition) is 4. The van der Waals surface area contributed by atoms with Gasteiger partial charge in [0.15, 0.2) is 5.78 Å². The van der Waals surface area contributed by atoms with Gasteiger partial charge in [-0.2, -0.15) is 0 Å². The third kappa shape index (κ3) is 2.89. The smallest absolute Gasteiger partial charge is 0.261 e. The van der Waals surface area contributed by atoms with Crippen LogP contribution in [-0.4, -0.2) is 29.8 Å². The molecule has 4 rings (SSSR count). The summed E-state index contributed by atoms with van der Waals surface area (Å²) in [5.41, 5.74) is 1.67. The molecule has 4 nitrogen and oxygen atoms in total. The highest BCUT2D eigenvalue weighted by Gasteiger charge is 2.39. The Balaban J connectivity index is 1.49. The van der Waals surface area contributed by atoms with Crippen molar-refractivity contribution >= 4 is 23.0 Å². The molecule has 3 unspecified atom stereocenters. The van der Waals surface area contributed by atoms with Crippen molar-refractivity contribution in [2.75, 3.05) is 0 Å². The molecule has 5 heteroatoms. The highest BCUT2D eigenvalue weighted by Crippen LogP contribution is 2.31. The molecule has 0 aliphatic carbocycles. The predicted molar refractivity (Wildman–Crippen MR) is 95.6 cm³/mol. The molecule has 2 aliphatic rings. The average Bonchev–Trinajstić information content (AvgIpc) is 3.31. The quantitative estimate of drug-likeness (QED) is 0.840. The lowest BCUT2D eigenvalue weighted by atomic mass is 9.95. The van der Waals surface area contributed by atoms with Crippen LogP contribution in [0.5, 0.6) is 0 Å². The van der Waals surface area contributed by atoms with Crippen LogP contribution in [0.2, 0.25) is 0 Å². The largest absolute Gasteiger partial charge is 0.347 e. The minimum absolute atomic E-state index is 0.00771. The highest BCUT2D eigenvalue weighted by molar-refractivity contribution is 7.17. The van der Waals surface area contributed by atoms with Crippen LogP contribution in [0.3, 0.4) is 0 Å². The summed E-state index contributed by atoms with van der Waals surface area (Å²) in [6.45, 7) is 1.57. The normalized spacial score (nSPS) is 25.0. The van der Waals surface area contributed by atoms with Crippen molar-refractivity contribution in [3.05, 3.63) is 46.8 Å². The van der Waals surface area contributed by atoms with Gasteiger partial charge < -0.3 is 10.6 Å². The monoisotopic (exact) mass is 340 g/mol. The number of thiophene rings is 1.